The highest BCUT2D eigenvalue weighted by atomic mass is 16.5. The van der Waals surface area contributed by atoms with E-state index in [1.54, 1.807) is 0 Å². The summed E-state index contributed by atoms with van der Waals surface area (Å²) in [4.78, 5) is 34.0. The predicted octanol–water partition coefficient (Wildman–Crippen LogP) is 1.85. The molecule has 0 unspecified atom stereocenters. The van der Waals surface area contributed by atoms with Crippen LogP contribution in [0.25, 0.3) is 11.1 Å². The average Bonchev–Trinajstić information content (AvgIpc) is 2.93. The van der Waals surface area contributed by atoms with Gasteiger partial charge in [0.15, 0.2) is 0 Å². The maximum absolute atomic E-state index is 12.0. The van der Waals surface area contributed by atoms with Gasteiger partial charge in [0.05, 0.1) is 6.42 Å². The number of primary amides is 1. The Bertz CT molecular complexity index is 819. The Morgan fingerprint density at radius 2 is 1.58 bits per heavy atom. The molecule has 26 heavy (non-hydrogen) atoms. The number of fused-ring (bicyclic) bond motifs is 3. The number of hydrogen-bond donors (Lipinski definition) is 3. The second kappa shape index (κ2) is 7.26. The van der Waals surface area contributed by atoms with E-state index in [9.17, 15) is 14.4 Å². The van der Waals surface area contributed by atoms with Crippen molar-refractivity contribution < 1.29 is 24.2 Å². The van der Waals surface area contributed by atoms with Crippen LogP contribution in [0, 0.1) is 0 Å². The zero-order chi connectivity index (χ0) is 18.7. The first-order valence-electron chi connectivity index (χ1n) is 8.10. The highest BCUT2D eigenvalue weighted by Gasteiger charge is 2.30. The Morgan fingerprint density at radius 3 is 2.08 bits per heavy atom. The predicted molar refractivity (Wildman–Crippen MR) is 93.4 cm³/mol. The van der Waals surface area contributed by atoms with Crippen molar-refractivity contribution >= 4 is 18.0 Å². The van der Waals surface area contributed by atoms with E-state index in [-0.39, 0.29) is 12.5 Å². The van der Waals surface area contributed by atoms with Crippen LogP contribution in [-0.2, 0) is 14.3 Å². The minimum absolute atomic E-state index is 0.0583. The largest absolute Gasteiger partial charge is 0.480 e. The Hall–Kier alpha value is -3.35. The molecule has 0 bridgehead atoms. The normalized spacial score (nSPS) is 13.4. The highest BCUT2D eigenvalue weighted by molar-refractivity contribution is 5.86. The maximum atomic E-state index is 12.0. The number of carbonyl (C=O) groups is 3. The van der Waals surface area contributed by atoms with Crippen LogP contribution in [0.15, 0.2) is 48.5 Å². The number of aliphatic carboxylic acids is 1. The number of nitrogens with two attached hydrogens (primary N) is 1. The van der Waals surface area contributed by atoms with Gasteiger partial charge < -0.3 is 20.9 Å². The lowest BCUT2D eigenvalue weighted by Crippen LogP contribution is -2.43. The molecule has 7 nitrogen and oxygen atoms in total. The molecule has 0 spiro atoms. The van der Waals surface area contributed by atoms with Gasteiger partial charge in [0.1, 0.15) is 12.6 Å². The van der Waals surface area contributed by atoms with E-state index in [0.717, 1.165) is 22.3 Å². The lowest BCUT2D eigenvalue weighted by Gasteiger charge is -2.16. The van der Waals surface area contributed by atoms with Crippen molar-refractivity contribution in [2.75, 3.05) is 6.61 Å². The quantitative estimate of drug-likeness (QED) is 0.731. The first-order chi connectivity index (χ1) is 12.5. The average molecular weight is 354 g/mol. The van der Waals surface area contributed by atoms with Gasteiger partial charge in [-0.15, -0.1) is 0 Å². The Morgan fingerprint density at radius 1 is 1.04 bits per heavy atom. The van der Waals surface area contributed by atoms with Crippen LogP contribution in [0.4, 0.5) is 4.79 Å². The molecular weight excluding hydrogens is 336 g/mol. The molecule has 1 aliphatic rings. The summed E-state index contributed by atoms with van der Waals surface area (Å²) in [6.07, 6.45) is -1.40. The maximum Gasteiger partial charge on any atom is 0.407 e. The molecule has 4 N–H and O–H groups in total. The summed E-state index contributed by atoms with van der Waals surface area (Å²) in [5.74, 6) is -2.30. The van der Waals surface area contributed by atoms with Gasteiger partial charge in [-0.1, -0.05) is 48.5 Å². The van der Waals surface area contributed by atoms with Crippen molar-refractivity contribution in [2.45, 2.75) is 18.4 Å². The third-order valence-electron chi connectivity index (χ3n) is 4.34. The number of rotatable bonds is 6. The van der Waals surface area contributed by atoms with Crippen molar-refractivity contribution in [1.82, 2.24) is 5.32 Å². The second-order valence-electron chi connectivity index (χ2n) is 6.03. The number of carboxylic acid groups (broad SMARTS) is 1. The molecule has 134 valence electrons. The van der Waals surface area contributed by atoms with E-state index in [2.05, 4.69) is 5.32 Å². The van der Waals surface area contributed by atoms with Gasteiger partial charge in [0.25, 0.3) is 0 Å². The monoisotopic (exact) mass is 354 g/mol. The summed E-state index contributed by atoms with van der Waals surface area (Å²) in [5, 5.41) is 11.2. The number of carboxylic acids is 1. The van der Waals surface area contributed by atoms with Crippen molar-refractivity contribution in [3.63, 3.8) is 0 Å². The molecule has 0 saturated heterocycles. The Labute approximate surface area is 149 Å². The molecular formula is C19H18N2O5. The molecule has 2 aromatic rings. The molecule has 0 aliphatic heterocycles. The van der Waals surface area contributed by atoms with Gasteiger partial charge in [-0.3, -0.25) is 4.79 Å². The van der Waals surface area contributed by atoms with Gasteiger partial charge in [-0.25, -0.2) is 9.59 Å². The van der Waals surface area contributed by atoms with Gasteiger partial charge >= 0.3 is 12.1 Å². The van der Waals surface area contributed by atoms with E-state index >= 15 is 0 Å². The number of ether oxygens (including phenoxy) is 1. The van der Waals surface area contributed by atoms with E-state index in [1.165, 1.54) is 0 Å². The fourth-order valence-electron chi connectivity index (χ4n) is 3.18. The van der Waals surface area contributed by atoms with E-state index in [4.69, 9.17) is 15.6 Å². The summed E-state index contributed by atoms with van der Waals surface area (Å²) < 4.78 is 5.24. The van der Waals surface area contributed by atoms with Crippen molar-refractivity contribution in [2.24, 2.45) is 5.73 Å². The highest BCUT2D eigenvalue weighted by Crippen LogP contribution is 2.44. The number of carbonyl (C=O) groups excluding carboxylic acids is 2. The first kappa shape index (κ1) is 17.5. The summed E-state index contributed by atoms with van der Waals surface area (Å²) in [6, 6.07) is 14.3. The van der Waals surface area contributed by atoms with Crippen LogP contribution in [0.1, 0.15) is 23.5 Å². The summed E-state index contributed by atoms with van der Waals surface area (Å²) >= 11 is 0. The first-order valence-corrected chi connectivity index (χ1v) is 8.10. The molecule has 1 atom stereocenters. The van der Waals surface area contributed by atoms with Crippen LogP contribution in [-0.4, -0.2) is 35.7 Å². The molecule has 0 heterocycles. The number of hydrogen-bond acceptors (Lipinski definition) is 4. The Balaban J connectivity index is 1.71. The summed E-state index contributed by atoms with van der Waals surface area (Å²) in [6.45, 7) is 0.0583. The zero-order valence-electron chi connectivity index (χ0n) is 13.8. The smallest absolute Gasteiger partial charge is 0.407 e. The fourth-order valence-corrected chi connectivity index (χ4v) is 3.18. The van der Waals surface area contributed by atoms with Gasteiger partial charge in [-0.05, 0) is 22.3 Å². The van der Waals surface area contributed by atoms with E-state index in [0.29, 0.717) is 0 Å². The van der Waals surface area contributed by atoms with E-state index in [1.807, 2.05) is 48.5 Å². The van der Waals surface area contributed by atoms with Crippen molar-refractivity contribution in [3.8, 4) is 11.1 Å². The standard InChI is InChI=1S/C19H18N2O5/c20-17(22)9-16(18(23)24)21-19(25)26-10-15-13-7-3-1-5-11(13)12-6-2-4-8-14(12)15/h1-8,15-16H,9-10H2,(H2,20,22)(H,21,25)(H,23,24)/t16-/m0/s1. The molecule has 0 radical (unpaired) electrons. The van der Waals surface area contributed by atoms with Crippen LogP contribution in [0.5, 0.6) is 0 Å². The lowest BCUT2D eigenvalue weighted by atomic mass is 9.98. The summed E-state index contributed by atoms with van der Waals surface area (Å²) in [5.41, 5.74) is 9.27. The minimum Gasteiger partial charge on any atom is -0.480 e. The van der Waals surface area contributed by atoms with Crippen molar-refractivity contribution in [3.05, 3.63) is 59.7 Å². The number of benzene rings is 2. The third kappa shape index (κ3) is 3.51. The molecule has 1 aliphatic carbocycles. The van der Waals surface area contributed by atoms with Gasteiger partial charge in [-0.2, -0.15) is 0 Å². The fraction of sp³-hybridized carbons (Fsp3) is 0.211. The second-order valence-corrected chi connectivity index (χ2v) is 6.03. The van der Waals surface area contributed by atoms with Gasteiger partial charge in [0, 0.05) is 5.92 Å². The van der Waals surface area contributed by atoms with Crippen LogP contribution < -0.4 is 11.1 Å². The molecule has 3 rings (SSSR count). The number of alkyl carbamates (subject to hydrolysis) is 1. The molecule has 0 fully saturated rings. The zero-order valence-corrected chi connectivity index (χ0v) is 13.8. The molecule has 2 amide bonds. The van der Waals surface area contributed by atoms with Crippen LogP contribution in [0.2, 0.25) is 0 Å². The topological polar surface area (TPSA) is 119 Å². The summed E-state index contributed by atoms with van der Waals surface area (Å²) in [7, 11) is 0. The molecule has 2 aromatic carbocycles. The van der Waals surface area contributed by atoms with Crippen LogP contribution >= 0.6 is 0 Å². The number of amides is 2. The molecule has 0 aromatic heterocycles. The van der Waals surface area contributed by atoms with Gasteiger partial charge in [0.2, 0.25) is 5.91 Å². The van der Waals surface area contributed by atoms with Crippen LogP contribution in [0.3, 0.4) is 0 Å². The third-order valence-corrected chi connectivity index (χ3v) is 4.34. The Kier molecular flexibility index (Phi) is 4.88. The van der Waals surface area contributed by atoms with Crippen molar-refractivity contribution in [1.29, 1.82) is 0 Å². The molecule has 7 heteroatoms. The van der Waals surface area contributed by atoms with E-state index < -0.39 is 30.4 Å². The number of nitrogens with one attached hydrogen (secondary N) is 1. The lowest BCUT2D eigenvalue weighted by molar-refractivity contribution is -0.141. The minimum atomic E-state index is -1.41. The molecule has 0 saturated carbocycles. The SMILES string of the molecule is NC(=O)C[C@H](NC(=O)OCC1c2ccccc2-c2ccccc21)C(=O)O.